The lowest BCUT2D eigenvalue weighted by atomic mass is 9.96. The van der Waals surface area contributed by atoms with Crippen LogP contribution in [-0.2, 0) is 21.1 Å². The van der Waals surface area contributed by atoms with Crippen LogP contribution in [-0.4, -0.2) is 43.8 Å². The van der Waals surface area contributed by atoms with Crippen molar-refractivity contribution in [2.45, 2.75) is 32.7 Å². The molecule has 0 unspecified atom stereocenters. The van der Waals surface area contributed by atoms with Crippen LogP contribution in [0.5, 0.6) is 0 Å². The number of amides is 1. The Morgan fingerprint density at radius 2 is 1.88 bits per heavy atom. The largest absolute Gasteiger partial charge is 0.463 e. The SMILES string of the molecule is Cc1cc2oc(=O)c(CC(=O)N(C)[C@@H]3CCS(=O)(=O)C3)c(C)c2c2occ(-c3ccccc3)c12. The van der Waals surface area contributed by atoms with E-state index in [2.05, 4.69) is 0 Å². The number of likely N-dealkylation sites (N-methyl/N-ethyl adjacent to an activating group) is 1. The van der Waals surface area contributed by atoms with Gasteiger partial charge < -0.3 is 13.7 Å². The van der Waals surface area contributed by atoms with Gasteiger partial charge in [-0.1, -0.05) is 30.3 Å². The normalized spacial score (nSPS) is 17.4. The predicted molar refractivity (Wildman–Crippen MR) is 131 cm³/mol. The molecule has 3 heterocycles. The van der Waals surface area contributed by atoms with Crippen LogP contribution in [0.1, 0.15) is 23.1 Å². The third kappa shape index (κ3) is 3.72. The third-order valence-corrected chi connectivity index (χ3v) is 8.60. The highest BCUT2D eigenvalue weighted by Gasteiger charge is 2.33. The standard InChI is InChI=1S/C26H25NO6S/c1-15-11-21-24(25-23(15)20(13-32-25)17-7-5-4-6-8-17)16(2)19(26(29)33-21)12-22(28)27(3)18-9-10-34(30,31)14-18/h4-8,11,13,18H,9-10,12,14H2,1-3H3/t18-/m1/s1. The van der Waals surface area contributed by atoms with Crippen LogP contribution in [0.3, 0.4) is 0 Å². The van der Waals surface area contributed by atoms with Gasteiger partial charge in [-0.05, 0) is 43.0 Å². The van der Waals surface area contributed by atoms with E-state index >= 15 is 0 Å². The zero-order valence-corrected chi connectivity index (χ0v) is 20.1. The van der Waals surface area contributed by atoms with Crippen LogP contribution in [0.25, 0.3) is 33.1 Å². The van der Waals surface area contributed by atoms with E-state index in [9.17, 15) is 18.0 Å². The second-order valence-electron chi connectivity index (χ2n) is 9.02. The van der Waals surface area contributed by atoms with Crippen LogP contribution in [0, 0.1) is 13.8 Å². The van der Waals surface area contributed by atoms with E-state index in [1.165, 1.54) is 4.90 Å². The van der Waals surface area contributed by atoms with Gasteiger partial charge in [-0.3, -0.25) is 4.79 Å². The van der Waals surface area contributed by atoms with E-state index in [0.29, 0.717) is 28.5 Å². The Hall–Kier alpha value is -3.39. The van der Waals surface area contributed by atoms with Crippen molar-refractivity contribution in [3.05, 3.63) is 69.8 Å². The molecule has 1 saturated heterocycles. The maximum atomic E-state index is 13.0. The zero-order chi connectivity index (χ0) is 24.2. The number of hydrogen-bond donors (Lipinski definition) is 0. The van der Waals surface area contributed by atoms with E-state index in [-0.39, 0.29) is 35.4 Å². The van der Waals surface area contributed by atoms with E-state index in [4.69, 9.17) is 8.83 Å². The lowest BCUT2D eigenvalue weighted by Crippen LogP contribution is -2.39. The van der Waals surface area contributed by atoms with E-state index in [1.807, 2.05) is 43.3 Å². The van der Waals surface area contributed by atoms with Crippen LogP contribution >= 0.6 is 0 Å². The highest BCUT2D eigenvalue weighted by Crippen LogP contribution is 2.38. The first-order valence-corrected chi connectivity index (χ1v) is 13.0. The molecule has 0 radical (unpaired) electrons. The Balaban J connectivity index is 1.59. The van der Waals surface area contributed by atoms with Crippen LogP contribution in [0.15, 0.2) is 56.3 Å². The number of aryl methyl sites for hydroxylation is 2. The average Bonchev–Trinajstić information content (AvgIpc) is 3.40. The zero-order valence-electron chi connectivity index (χ0n) is 19.3. The molecular formula is C26H25NO6S. The summed E-state index contributed by atoms with van der Waals surface area (Å²) in [5.41, 5.74) is 4.22. The average molecular weight is 480 g/mol. The summed E-state index contributed by atoms with van der Waals surface area (Å²) in [5, 5.41) is 1.59. The first-order chi connectivity index (χ1) is 16.2. The van der Waals surface area contributed by atoms with Gasteiger partial charge in [0.05, 0.1) is 35.1 Å². The summed E-state index contributed by atoms with van der Waals surface area (Å²) < 4.78 is 35.3. The van der Waals surface area contributed by atoms with E-state index in [0.717, 1.165) is 22.1 Å². The monoisotopic (exact) mass is 479 g/mol. The minimum Gasteiger partial charge on any atom is -0.463 e. The summed E-state index contributed by atoms with van der Waals surface area (Å²) >= 11 is 0. The first kappa shape index (κ1) is 22.4. The minimum absolute atomic E-state index is 0.0465. The number of rotatable bonds is 4. The Kier molecular flexibility index (Phi) is 5.36. The summed E-state index contributed by atoms with van der Waals surface area (Å²) in [6.07, 6.45) is 1.94. The van der Waals surface area contributed by atoms with Crippen molar-refractivity contribution in [3.8, 4) is 11.1 Å². The Bertz CT molecular complexity index is 1600. The molecule has 8 heteroatoms. The molecule has 0 N–H and O–H groups in total. The molecule has 2 aromatic carbocycles. The second-order valence-corrected chi connectivity index (χ2v) is 11.2. The second kappa shape index (κ2) is 8.13. The molecule has 176 valence electrons. The van der Waals surface area contributed by atoms with Crippen molar-refractivity contribution >= 4 is 37.7 Å². The molecular weight excluding hydrogens is 454 g/mol. The number of carbonyl (C=O) groups excluding carboxylic acids is 1. The number of hydrogen-bond acceptors (Lipinski definition) is 6. The van der Waals surface area contributed by atoms with Crippen molar-refractivity contribution in [1.82, 2.24) is 4.90 Å². The fraction of sp³-hybridized carbons (Fsp3) is 0.308. The van der Waals surface area contributed by atoms with E-state index in [1.54, 1.807) is 20.2 Å². The number of carbonyl (C=O) groups is 1. The number of nitrogens with zero attached hydrogens (tertiary/aromatic N) is 1. The van der Waals surface area contributed by atoms with Crippen molar-refractivity contribution in [3.63, 3.8) is 0 Å². The molecule has 1 atom stereocenters. The van der Waals surface area contributed by atoms with Gasteiger partial charge in [-0.25, -0.2) is 13.2 Å². The number of fused-ring (bicyclic) bond motifs is 3. The predicted octanol–water partition coefficient (Wildman–Crippen LogP) is 4.01. The van der Waals surface area contributed by atoms with Gasteiger partial charge in [0, 0.05) is 24.0 Å². The van der Waals surface area contributed by atoms with Crippen LogP contribution in [0.2, 0.25) is 0 Å². The lowest BCUT2D eigenvalue weighted by molar-refractivity contribution is -0.130. The maximum absolute atomic E-state index is 13.0. The van der Waals surface area contributed by atoms with Gasteiger partial charge in [0.2, 0.25) is 5.91 Å². The number of benzene rings is 2. The van der Waals surface area contributed by atoms with Gasteiger partial charge in [0.15, 0.2) is 9.84 Å². The summed E-state index contributed by atoms with van der Waals surface area (Å²) in [5.74, 6) is -0.286. The smallest absolute Gasteiger partial charge is 0.340 e. The van der Waals surface area contributed by atoms with Gasteiger partial charge >= 0.3 is 5.63 Å². The molecule has 1 amide bonds. The summed E-state index contributed by atoms with van der Waals surface area (Å²) in [6.45, 7) is 3.74. The molecule has 1 aliphatic heterocycles. The molecule has 5 rings (SSSR count). The third-order valence-electron chi connectivity index (χ3n) is 6.85. The van der Waals surface area contributed by atoms with Crippen molar-refractivity contribution in [2.75, 3.05) is 18.6 Å². The van der Waals surface area contributed by atoms with Crippen molar-refractivity contribution in [1.29, 1.82) is 0 Å². The molecule has 0 bridgehead atoms. The van der Waals surface area contributed by atoms with Crippen LogP contribution in [0.4, 0.5) is 0 Å². The van der Waals surface area contributed by atoms with Crippen molar-refractivity contribution in [2.24, 2.45) is 0 Å². The molecule has 7 nitrogen and oxygen atoms in total. The molecule has 4 aromatic rings. The highest BCUT2D eigenvalue weighted by molar-refractivity contribution is 7.91. The number of sulfone groups is 1. The fourth-order valence-electron chi connectivity index (χ4n) is 4.88. The Labute approximate surface area is 196 Å². The maximum Gasteiger partial charge on any atom is 0.340 e. The molecule has 0 saturated carbocycles. The molecule has 34 heavy (non-hydrogen) atoms. The summed E-state index contributed by atoms with van der Waals surface area (Å²) in [6, 6.07) is 11.3. The molecule has 1 fully saturated rings. The lowest BCUT2D eigenvalue weighted by Gasteiger charge is -2.23. The molecule has 0 aliphatic carbocycles. The Morgan fingerprint density at radius 3 is 2.56 bits per heavy atom. The summed E-state index contributed by atoms with van der Waals surface area (Å²) in [7, 11) is -1.54. The quantitative estimate of drug-likeness (QED) is 0.410. The van der Waals surface area contributed by atoms with Gasteiger partial charge in [0.1, 0.15) is 11.2 Å². The van der Waals surface area contributed by atoms with Crippen molar-refractivity contribution < 1.29 is 22.0 Å². The van der Waals surface area contributed by atoms with E-state index < -0.39 is 15.5 Å². The first-order valence-electron chi connectivity index (χ1n) is 11.1. The van der Waals surface area contributed by atoms with Gasteiger partial charge in [-0.15, -0.1) is 0 Å². The molecule has 1 aliphatic rings. The Morgan fingerprint density at radius 1 is 1.15 bits per heavy atom. The molecule has 0 spiro atoms. The number of furan rings is 1. The molecule has 2 aromatic heterocycles. The fourth-order valence-corrected chi connectivity index (χ4v) is 6.66. The highest BCUT2D eigenvalue weighted by atomic mass is 32.2. The van der Waals surface area contributed by atoms with Gasteiger partial charge in [0.25, 0.3) is 0 Å². The minimum atomic E-state index is -3.13. The van der Waals surface area contributed by atoms with Crippen LogP contribution < -0.4 is 5.63 Å². The topological polar surface area (TPSA) is 97.8 Å². The van der Waals surface area contributed by atoms with Gasteiger partial charge in [-0.2, -0.15) is 0 Å². The summed E-state index contributed by atoms with van der Waals surface area (Å²) in [4.78, 5) is 27.3.